The largest absolute Gasteiger partial charge is 0.423 e. The van der Waals surface area contributed by atoms with Crippen molar-refractivity contribution in [1.29, 1.82) is 0 Å². The molecule has 2 heterocycles. The predicted molar refractivity (Wildman–Crippen MR) is 92.1 cm³/mol. The van der Waals surface area contributed by atoms with Gasteiger partial charge in [-0.2, -0.15) is 0 Å². The quantitative estimate of drug-likeness (QED) is 0.849. The standard InChI is InChI=1S/C17H21N5O4/c1-11-4-2-3-5-13(11)19-17(25)20-14(23)9-22-8-12(6-7-15(22)24)16-21-18-10-26-16/h6-8,10-11,13H,2-5,9H2,1H3,(H2,19,20,23,25)/t11-,13+/m1/s1. The number of aromatic nitrogens is 3. The molecule has 3 amide bonds. The highest BCUT2D eigenvalue weighted by atomic mass is 16.4. The maximum atomic E-state index is 12.1. The molecule has 0 unspecified atom stereocenters. The van der Waals surface area contributed by atoms with Crippen molar-refractivity contribution in [3.63, 3.8) is 0 Å². The second-order valence-electron chi connectivity index (χ2n) is 6.52. The number of rotatable bonds is 4. The fourth-order valence-corrected chi connectivity index (χ4v) is 3.14. The Morgan fingerprint density at radius 2 is 2.12 bits per heavy atom. The van der Waals surface area contributed by atoms with Crippen molar-refractivity contribution < 1.29 is 14.0 Å². The Hall–Kier alpha value is -2.97. The van der Waals surface area contributed by atoms with Crippen LogP contribution in [0.1, 0.15) is 32.6 Å². The zero-order chi connectivity index (χ0) is 18.5. The van der Waals surface area contributed by atoms with Crippen molar-refractivity contribution in [2.75, 3.05) is 0 Å². The average Bonchev–Trinajstić information content (AvgIpc) is 3.13. The molecule has 2 aromatic heterocycles. The third kappa shape index (κ3) is 4.35. The van der Waals surface area contributed by atoms with Crippen molar-refractivity contribution in [2.24, 2.45) is 5.92 Å². The maximum Gasteiger partial charge on any atom is 0.321 e. The van der Waals surface area contributed by atoms with Crippen LogP contribution in [0.5, 0.6) is 0 Å². The van der Waals surface area contributed by atoms with E-state index in [4.69, 9.17) is 4.42 Å². The minimum Gasteiger partial charge on any atom is -0.423 e. The molecular formula is C17H21N5O4. The SMILES string of the molecule is C[C@@H]1CCCC[C@@H]1NC(=O)NC(=O)Cn1cc(-c2nnco2)ccc1=O. The van der Waals surface area contributed by atoms with Crippen LogP contribution in [0, 0.1) is 5.92 Å². The van der Waals surface area contributed by atoms with E-state index in [0.29, 0.717) is 11.5 Å². The molecule has 0 saturated heterocycles. The second-order valence-corrected chi connectivity index (χ2v) is 6.52. The summed E-state index contributed by atoms with van der Waals surface area (Å²) in [6.07, 6.45) is 6.83. The first-order valence-electron chi connectivity index (χ1n) is 8.60. The minimum absolute atomic E-state index is 0.0696. The van der Waals surface area contributed by atoms with E-state index in [1.54, 1.807) is 0 Å². The Labute approximate surface area is 149 Å². The van der Waals surface area contributed by atoms with Gasteiger partial charge in [-0.1, -0.05) is 19.8 Å². The molecule has 2 N–H and O–H groups in total. The van der Waals surface area contributed by atoms with E-state index in [0.717, 1.165) is 19.3 Å². The van der Waals surface area contributed by atoms with Crippen LogP contribution < -0.4 is 16.2 Å². The molecule has 1 fully saturated rings. The fourth-order valence-electron chi connectivity index (χ4n) is 3.14. The summed E-state index contributed by atoms with van der Waals surface area (Å²) in [5, 5.41) is 12.5. The first kappa shape index (κ1) is 17.8. The highest BCUT2D eigenvalue weighted by molar-refractivity contribution is 5.94. The van der Waals surface area contributed by atoms with Gasteiger partial charge in [0.2, 0.25) is 18.2 Å². The summed E-state index contributed by atoms with van der Waals surface area (Å²) in [6.45, 7) is 1.81. The molecule has 0 aromatic carbocycles. The third-order valence-electron chi connectivity index (χ3n) is 4.59. The molecule has 138 valence electrons. The molecule has 9 nitrogen and oxygen atoms in total. The second kappa shape index (κ2) is 7.94. The number of carbonyl (C=O) groups is 2. The zero-order valence-electron chi connectivity index (χ0n) is 14.5. The van der Waals surface area contributed by atoms with Gasteiger partial charge in [-0.25, -0.2) is 4.79 Å². The van der Waals surface area contributed by atoms with Gasteiger partial charge in [0.05, 0.1) is 5.56 Å². The highest BCUT2D eigenvalue weighted by Gasteiger charge is 2.23. The van der Waals surface area contributed by atoms with Crippen LogP contribution in [0.2, 0.25) is 0 Å². The van der Waals surface area contributed by atoms with Crippen LogP contribution in [0.4, 0.5) is 4.79 Å². The van der Waals surface area contributed by atoms with Crippen molar-refractivity contribution >= 4 is 11.9 Å². The average molecular weight is 359 g/mol. The number of nitrogens with zero attached hydrogens (tertiary/aromatic N) is 3. The summed E-state index contributed by atoms with van der Waals surface area (Å²) >= 11 is 0. The van der Waals surface area contributed by atoms with Crippen LogP contribution in [-0.4, -0.2) is 32.7 Å². The van der Waals surface area contributed by atoms with Gasteiger partial charge in [-0.05, 0) is 24.8 Å². The molecule has 26 heavy (non-hydrogen) atoms. The van der Waals surface area contributed by atoms with E-state index in [-0.39, 0.29) is 24.0 Å². The van der Waals surface area contributed by atoms with E-state index in [9.17, 15) is 14.4 Å². The fraction of sp³-hybridized carbons (Fsp3) is 0.471. The van der Waals surface area contributed by atoms with Crippen LogP contribution in [0.3, 0.4) is 0 Å². The van der Waals surface area contributed by atoms with E-state index < -0.39 is 11.9 Å². The number of nitrogens with one attached hydrogen (secondary N) is 2. The highest BCUT2D eigenvalue weighted by Crippen LogP contribution is 2.23. The van der Waals surface area contributed by atoms with Gasteiger partial charge in [0.1, 0.15) is 6.54 Å². The van der Waals surface area contributed by atoms with Crippen molar-refractivity contribution in [1.82, 2.24) is 25.4 Å². The van der Waals surface area contributed by atoms with Crippen LogP contribution >= 0.6 is 0 Å². The molecule has 1 saturated carbocycles. The Balaban J connectivity index is 1.60. The Morgan fingerprint density at radius 3 is 2.85 bits per heavy atom. The molecule has 1 aliphatic carbocycles. The molecule has 2 aromatic rings. The number of hydrogen-bond donors (Lipinski definition) is 2. The Morgan fingerprint density at radius 1 is 1.31 bits per heavy atom. The molecule has 0 spiro atoms. The molecule has 3 rings (SSSR count). The summed E-state index contributed by atoms with van der Waals surface area (Å²) in [6, 6.07) is 2.37. The molecule has 0 radical (unpaired) electrons. The summed E-state index contributed by atoms with van der Waals surface area (Å²) in [5.41, 5.74) is 0.139. The lowest BCUT2D eigenvalue weighted by Crippen LogP contribution is -2.48. The van der Waals surface area contributed by atoms with E-state index >= 15 is 0 Å². The van der Waals surface area contributed by atoms with Gasteiger partial charge < -0.3 is 14.3 Å². The lowest BCUT2D eigenvalue weighted by atomic mass is 9.86. The zero-order valence-corrected chi connectivity index (χ0v) is 14.5. The van der Waals surface area contributed by atoms with E-state index in [1.165, 1.54) is 35.7 Å². The van der Waals surface area contributed by atoms with E-state index in [2.05, 4.69) is 27.8 Å². The summed E-state index contributed by atoms with van der Waals surface area (Å²) in [4.78, 5) is 36.1. The summed E-state index contributed by atoms with van der Waals surface area (Å²) in [7, 11) is 0. The Kier molecular flexibility index (Phi) is 5.45. The van der Waals surface area contributed by atoms with Crippen molar-refractivity contribution in [2.45, 2.75) is 45.2 Å². The van der Waals surface area contributed by atoms with Gasteiger partial charge in [-0.3, -0.25) is 14.9 Å². The lowest BCUT2D eigenvalue weighted by Gasteiger charge is -2.29. The molecule has 0 bridgehead atoms. The van der Waals surface area contributed by atoms with Gasteiger partial charge in [0, 0.05) is 18.3 Å². The first-order valence-corrected chi connectivity index (χ1v) is 8.60. The topological polar surface area (TPSA) is 119 Å². The number of imide groups is 1. The van der Waals surface area contributed by atoms with Gasteiger partial charge >= 0.3 is 6.03 Å². The van der Waals surface area contributed by atoms with Gasteiger partial charge in [-0.15, -0.1) is 10.2 Å². The van der Waals surface area contributed by atoms with Gasteiger partial charge in [0.15, 0.2) is 0 Å². The number of carbonyl (C=O) groups excluding carboxylic acids is 2. The minimum atomic E-state index is -0.573. The molecule has 1 aliphatic rings. The predicted octanol–water partition coefficient (Wildman–Crippen LogP) is 1.30. The summed E-state index contributed by atoms with van der Waals surface area (Å²) < 4.78 is 6.26. The van der Waals surface area contributed by atoms with Crippen molar-refractivity contribution in [3.05, 3.63) is 35.1 Å². The van der Waals surface area contributed by atoms with Crippen LogP contribution in [-0.2, 0) is 11.3 Å². The van der Waals surface area contributed by atoms with Crippen LogP contribution in [0.15, 0.2) is 33.9 Å². The normalized spacial score (nSPS) is 19.7. The third-order valence-corrected chi connectivity index (χ3v) is 4.59. The lowest BCUT2D eigenvalue weighted by molar-refractivity contribution is -0.120. The van der Waals surface area contributed by atoms with Crippen LogP contribution in [0.25, 0.3) is 11.5 Å². The number of amides is 3. The molecule has 9 heteroatoms. The van der Waals surface area contributed by atoms with Gasteiger partial charge in [0.25, 0.3) is 5.56 Å². The smallest absolute Gasteiger partial charge is 0.321 e. The summed E-state index contributed by atoms with van der Waals surface area (Å²) in [5.74, 6) is 0.0530. The molecule has 2 atom stereocenters. The first-order chi connectivity index (χ1) is 12.5. The molecular weight excluding hydrogens is 338 g/mol. The van der Waals surface area contributed by atoms with Crippen molar-refractivity contribution in [3.8, 4) is 11.5 Å². The van der Waals surface area contributed by atoms with E-state index in [1.807, 2.05) is 0 Å². The number of pyridine rings is 1. The molecule has 0 aliphatic heterocycles. The maximum absolute atomic E-state index is 12.1. The Bertz CT molecular complexity index is 830. The number of hydrogen-bond acceptors (Lipinski definition) is 6. The monoisotopic (exact) mass is 359 g/mol. The number of urea groups is 1.